The van der Waals surface area contributed by atoms with Gasteiger partial charge >= 0.3 is 0 Å². The van der Waals surface area contributed by atoms with Crippen molar-refractivity contribution in [3.8, 4) is 22.8 Å². The summed E-state index contributed by atoms with van der Waals surface area (Å²) in [6.07, 6.45) is 3.18. The van der Waals surface area contributed by atoms with Gasteiger partial charge in [0.05, 0.1) is 4.70 Å². The highest BCUT2D eigenvalue weighted by molar-refractivity contribution is 7.17. The molecule has 4 rings (SSSR count). The molecule has 4 nitrogen and oxygen atoms in total. The molecule has 0 saturated carbocycles. The summed E-state index contributed by atoms with van der Waals surface area (Å²) in [7, 11) is 0. The van der Waals surface area contributed by atoms with Gasteiger partial charge in [0.25, 0.3) is 0 Å². The third-order valence-electron chi connectivity index (χ3n) is 4.39. The molecule has 0 unspecified atom stereocenters. The van der Waals surface area contributed by atoms with Gasteiger partial charge in [-0.1, -0.05) is 6.07 Å². The largest absolute Gasteiger partial charge is 0.434 e. The fraction of sp³-hybridized carbons (Fsp3) is 0.150. The lowest BCUT2D eigenvalue weighted by molar-refractivity contribution is 0.431. The predicted molar refractivity (Wildman–Crippen MR) is 101 cm³/mol. The fourth-order valence-corrected chi connectivity index (χ4v) is 3.86. The molecule has 0 atom stereocenters. The number of rotatable bonds is 3. The smallest absolute Gasteiger partial charge is 0.237 e. The number of ether oxygens (including phenoxy) is 1. The average Bonchev–Trinajstić information content (AvgIpc) is 3.10. The third kappa shape index (κ3) is 2.72. The summed E-state index contributed by atoms with van der Waals surface area (Å²) in [6.45, 7) is 5.53. The number of nitrogens with zero attached hydrogens (tertiary/aromatic N) is 3. The number of benzene rings is 1. The Kier molecular flexibility index (Phi) is 4.12. The molecule has 0 aliphatic heterocycles. The number of aryl methyl sites for hydroxylation is 2. The van der Waals surface area contributed by atoms with Crippen molar-refractivity contribution in [2.75, 3.05) is 0 Å². The summed E-state index contributed by atoms with van der Waals surface area (Å²) < 4.78 is 21.7. The molecule has 0 radical (unpaired) electrons. The second-order valence-electron chi connectivity index (χ2n) is 6.03. The maximum absolute atomic E-state index is 15.0. The number of aromatic nitrogens is 3. The van der Waals surface area contributed by atoms with Crippen LogP contribution in [0.4, 0.5) is 4.39 Å². The van der Waals surface area contributed by atoms with Crippen LogP contribution in [0.15, 0.2) is 42.2 Å². The lowest BCUT2D eigenvalue weighted by atomic mass is 9.97. The number of fused-ring (bicyclic) bond motifs is 1. The summed E-state index contributed by atoms with van der Waals surface area (Å²) in [5, 5.41) is 2.99. The summed E-state index contributed by atoms with van der Waals surface area (Å²) in [5.74, 6) is 0.172. The highest BCUT2D eigenvalue weighted by atomic mass is 32.1. The molecule has 0 N–H and O–H groups in total. The number of halogens is 1. The van der Waals surface area contributed by atoms with E-state index in [4.69, 9.17) is 4.74 Å². The Hall–Kier alpha value is -2.86. The van der Waals surface area contributed by atoms with E-state index < -0.39 is 5.82 Å². The first-order chi connectivity index (χ1) is 12.6. The van der Waals surface area contributed by atoms with Crippen LogP contribution in [0, 0.1) is 26.6 Å². The van der Waals surface area contributed by atoms with Crippen LogP contribution in [-0.2, 0) is 0 Å². The lowest BCUT2D eigenvalue weighted by Crippen LogP contribution is -1.99. The number of hydrogen-bond donors (Lipinski definition) is 0. The first kappa shape index (κ1) is 16.6. The minimum absolute atomic E-state index is 0.159. The van der Waals surface area contributed by atoms with Gasteiger partial charge in [0.2, 0.25) is 5.88 Å². The van der Waals surface area contributed by atoms with Gasteiger partial charge in [0, 0.05) is 23.1 Å². The van der Waals surface area contributed by atoms with Gasteiger partial charge < -0.3 is 4.74 Å². The van der Waals surface area contributed by atoms with E-state index in [1.807, 2.05) is 37.4 Å². The first-order valence-electron chi connectivity index (χ1n) is 8.14. The highest BCUT2D eigenvalue weighted by Crippen LogP contribution is 2.37. The highest BCUT2D eigenvalue weighted by Gasteiger charge is 2.17. The standard InChI is InChI=1S/C20H16FN3OS/c1-11-15(17-12(2)23-10-24-13(17)3)4-5-16(18(11)21)25-20-19-14(6-8-22-20)7-9-26-19/h4-10H,1-3H3. The van der Waals surface area contributed by atoms with Crippen LogP contribution < -0.4 is 4.74 Å². The van der Waals surface area contributed by atoms with Crippen molar-refractivity contribution < 1.29 is 9.13 Å². The minimum Gasteiger partial charge on any atom is -0.434 e. The van der Waals surface area contributed by atoms with Gasteiger partial charge in [0.15, 0.2) is 11.6 Å². The molecule has 26 heavy (non-hydrogen) atoms. The monoisotopic (exact) mass is 365 g/mol. The van der Waals surface area contributed by atoms with Crippen LogP contribution in [0.25, 0.3) is 21.2 Å². The quantitative estimate of drug-likeness (QED) is 0.473. The second-order valence-corrected chi connectivity index (χ2v) is 6.94. The molecule has 6 heteroatoms. The van der Waals surface area contributed by atoms with Crippen LogP contribution in [0.5, 0.6) is 11.6 Å². The van der Waals surface area contributed by atoms with Gasteiger partial charge in [-0.25, -0.2) is 19.3 Å². The van der Waals surface area contributed by atoms with Crippen LogP contribution >= 0.6 is 11.3 Å². The third-order valence-corrected chi connectivity index (χ3v) is 5.31. The van der Waals surface area contributed by atoms with E-state index in [-0.39, 0.29) is 5.75 Å². The molecule has 0 saturated heterocycles. The van der Waals surface area contributed by atoms with E-state index in [0.29, 0.717) is 11.4 Å². The average molecular weight is 365 g/mol. The molecular weight excluding hydrogens is 349 g/mol. The van der Waals surface area contributed by atoms with E-state index >= 15 is 4.39 Å². The van der Waals surface area contributed by atoms with Crippen molar-refractivity contribution in [2.24, 2.45) is 0 Å². The molecule has 0 amide bonds. The van der Waals surface area contributed by atoms with Gasteiger partial charge in [0.1, 0.15) is 6.33 Å². The Morgan fingerprint density at radius 1 is 0.962 bits per heavy atom. The van der Waals surface area contributed by atoms with Crippen molar-refractivity contribution in [3.05, 3.63) is 64.9 Å². The van der Waals surface area contributed by atoms with E-state index in [1.165, 1.54) is 17.7 Å². The SMILES string of the molecule is Cc1ncnc(C)c1-c1ccc(Oc2nccc3ccsc23)c(F)c1C. The molecule has 1 aromatic carbocycles. The fourth-order valence-electron chi connectivity index (χ4n) is 3.04. The van der Waals surface area contributed by atoms with Crippen molar-refractivity contribution in [2.45, 2.75) is 20.8 Å². The first-order valence-corrected chi connectivity index (χ1v) is 9.02. The molecule has 0 spiro atoms. The maximum Gasteiger partial charge on any atom is 0.237 e. The minimum atomic E-state index is -0.402. The molecular formula is C20H16FN3OS. The molecule has 0 bridgehead atoms. The Labute approximate surface area is 154 Å². The molecule has 3 aromatic heterocycles. The zero-order valence-corrected chi connectivity index (χ0v) is 15.4. The Bertz CT molecular complexity index is 1100. The molecule has 130 valence electrons. The van der Waals surface area contributed by atoms with Gasteiger partial charge in [-0.05, 0) is 60.9 Å². The summed E-state index contributed by atoms with van der Waals surface area (Å²) in [5.41, 5.74) is 3.76. The summed E-state index contributed by atoms with van der Waals surface area (Å²) in [6, 6.07) is 7.38. The Morgan fingerprint density at radius 2 is 1.73 bits per heavy atom. The Morgan fingerprint density at radius 3 is 2.50 bits per heavy atom. The van der Waals surface area contributed by atoms with E-state index in [1.54, 1.807) is 19.2 Å². The van der Waals surface area contributed by atoms with Crippen LogP contribution in [-0.4, -0.2) is 15.0 Å². The second kappa shape index (κ2) is 6.46. The van der Waals surface area contributed by atoms with Crippen LogP contribution in [0.3, 0.4) is 0 Å². The number of hydrogen-bond acceptors (Lipinski definition) is 5. The van der Waals surface area contributed by atoms with Crippen LogP contribution in [0.2, 0.25) is 0 Å². The van der Waals surface area contributed by atoms with Gasteiger partial charge in [-0.2, -0.15) is 0 Å². The molecule has 0 aliphatic rings. The molecule has 3 heterocycles. The van der Waals surface area contributed by atoms with Crippen LogP contribution in [0.1, 0.15) is 17.0 Å². The number of thiophene rings is 1. The lowest BCUT2D eigenvalue weighted by Gasteiger charge is -2.14. The molecule has 0 fully saturated rings. The molecule has 4 aromatic rings. The normalized spacial score (nSPS) is 11.1. The maximum atomic E-state index is 15.0. The zero-order chi connectivity index (χ0) is 18.3. The summed E-state index contributed by atoms with van der Waals surface area (Å²) in [4.78, 5) is 12.7. The van der Waals surface area contributed by atoms with Gasteiger partial charge in [-0.15, -0.1) is 11.3 Å². The number of pyridine rings is 1. The Balaban J connectivity index is 1.79. The van der Waals surface area contributed by atoms with E-state index in [9.17, 15) is 0 Å². The topological polar surface area (TPSA) is 47.9 Å². The van der Waals surface area contributed by atoms with Crippen molar-refractivity contribution >= 4 is 21.4 Å². The van der Waals surface area contributed by atoms with Crippen molar-refractivity contribution in [1.29, 1.82) is 0 Å². The van der Waals surface area contributed by atoms with Crippen molar-refractivity contribution in [1.82, 2.24) is 15.0 Å². The van der Waals surface area contributed by atoms with E-state index in [2.05, 4.69) is 15.0 Å². The predicted octanol–water partition coefficient (Wildman–Crippen LogP) is 5.61. The molecule has 0 aliphatic carbocycles. The zero-order valence-electron chi connectivity index (χ0n) is 14.6. The summed E-state index contributed by atoms with van der Waals surface area (Å²) >= 11 is 1.52. The van der Waals surface area contributed by atoms with Crippen molar-refractivity contribution in [3.63, 3.8) is 0 Å². The van der Waals surface area contributed by atoms with Gasteiger partial charge in [-0.3, -0.25) is 0 Å². The van der Waals surface area contributed by atoms with E-state index in [0.717, 1.165) is 32.6 Å².